The van der Waals surface area contributed by atoms with Gasteiger partial charge < -0.3 is 20.1 Å². The number of nitrogens with one attached hydrogen (secondary N) is 1. The van der Waals surface area contributed by atoms with Crippen LogP contribution in [0.3, 0.4) is 0 Å². The summed E-state index contributed by atoms with van der Waals surface area (Å²) in [7, 11) is 1.77. The summed E-state index contributed by atoms with van der Waals surface area (Å²) in [5.41, 5.74) is 5.21. The molecular weight excluding hydrogens is 544 g/mol. The highest BCUT2D eigenvalue weighted by atomic mass is 19.3. The van der Waals surface area contributed by atoms with Gasteiger partial charge in [0, 0.05) is 38.5 Å². The third kappa shape index (κ3) is 6.28. The van der Waals surface area contributed by atoms with E-state index in [9.17, 15) is 28.3 Å². The molecule has 0 spiro atoms. The number of carboxylic acid groups (broad SMARTS) is 1. The number of carbonyl (C=O) groups is 3. The van der Waals surface area contributed by atoms with Gasteiger partial charge in [-0.25, -0.2) is 13.6 Å². The summed E-state index contributed by atoms with van der Waals surface area (Å²) >= 11 is 0. The molecule has 0 saturated carbocycles. The zero-order valence-electron chi connectivity index (χ0n) is 23.2. The summed E-state index contributed by atoms with van der Waals surface area (Å²) in [6.07, 6.45) is -1.59. The predicted molar refractivity (Wildman–Crippen MR) is 152 cm³/mol. The normalized spacial score (nSPS) is 18.2. The van der Waals surface area contributed by atoms with Gasteiger partial charge in [0.2, 0.25) is 5.91 Å². The summed E-state index contributed by atoms with van der Waals surface area (Å²) in [6.45, 7) is -0.402. The molecule has 2 amide bonds. The largest absolute Gasteiger partial charge is 0.481 e. The molecule has 3 aromatic rings. The van der Waals surface area contributed by atoms with Crippen molar-refractivity contribution in [3.63, 3.8) is 0 Å². The van der Waals surface area contributed by atoms with Crippen LogP contribution in [-0.4, -0.2) is 78.1 Å². The van der Waals surface area contributed by atoms with Crippen LogP contribution in [-0.2, 0) is 20.9 Å². The molecule has 0 bridgehead atoms. The van der Waals surface area contributed by atoms with E-state index in [1.165, 1.54) is 0 Å². The van der Waals surface area contributed by atoms with E-state index in [2.05, 4.69) is 5.32 Å². The second-order valence-corrected chi connectivity index (χ2v) is 10.9. The summed E-state index contributed by atoms with van der Waals surface area (Å²) in [5, 5.41) is 12.0. The first-order valence-electron chi connectivity index (χ1n) is 13.9. The Morgan fingerprint density at radius 3 is 2.21 bits per heavy atom. The van der Waals surface area contributed by atoms with E-state index in [1.54, 1.807) is 7.05 Å². The van der Waals surface area contributed by atoms with Gasteiger partial charge in [-0.2, -0.15) is 0 Å². The molecule has 3 aromatic carbocycles. The lowest BCUT2D eigenvalue weighted by atomic mass is 9.93. The number of likely N-dealkylation sites (N-methyl/N-ethyl adjacent to an activating group) is 1. The minimum Gasteiger partial charge on any atom is -0.481 e. The Hall–Kier alpha value is -4.31. The molecule has 1 aliphatic carbocycles. The van der Waals surface area contributed by atoms with Crippen LogP contribution >= 0.6 is 0 Å². The van der Waals surface area contributed by atoms with Gasteiger partial charge >= 0.3 is 12.1 Å². The van der Waals surface area contributed by atoms with Crippen LogP contribution in [0.25, 0.3) is 11.1 Å². The first-order chi connectivity index (χ1) is 20.1. The zero-order chi connectivity index (χ0) is 29.9. The summed E-state index contributed by atoms with van der Waals surface area (Å²) in [4.78, 5) is 41.1. The Balaban J connectivity index is 1.30. The van der Waals surface area contributed by atoms with Gasteiger partial charge in [-0.3, -0.25) is 14.5 Å². The number of halogens is 2. The Bertz CT molecular complexity index is 1410. The average molecular weight is 578 g/mol. The number of fused-ring (bicyclic) bond motifs is 3. The molecule has 2 N–H and O–H groups in total. The molecule has 1 fully saturated rings. The Morgan fingerprint density at radius 1 is 1.00 bits per heavy atom. The molecule has 0 aromatic heterocycles. The molecule has 1 aliphatic heterocycles. The number of benzene rings is 3. The van der Waals surface area contributed by atoms with E-state index in [0.717, 1.165) is 32.7 Å². The maximum Gasteiger partial charge on any atom is 0.407 e. The zero-order valence-corrected chi connectivity index (χ0v) is 23.2. The highest BCUT2D eigenvalue weighted by Crippen LogP contribution is 2.44. The topological polar surface area (TPSA) is 99.2 Å². The smallest absolute Gasteiger partial charge is 0.407 e. The van der Waals surface area contributed by atoms with Gasteiger partial charge in [-0.05, 0) is 34.9 Å². The number of aliphatic carboxylic acids is 1. The lowest BCUT2D eigenvalue weighted by Gasteiger charge is -2.38. The number of carbonyl (C=O) groups excluding carboxylic acids is 2. The molecule has 10 heteroatoms. The van der Waals surface area contributed by atoms with Crippen molar-refractivity contribution in [3.05, 3.63) is 95.6 Å². The van der Waals surface area contributed by atoms with Crippen molar-refractivity contribution in [2.45, 2.75) is 30.8 Å². The first kappa shape index (κ1) is 29.2. The first-order valence-corrected chi connectivity index (χ1v) is 13.9. The van der Waals surface area contributed by atoms with Crippen molar-refractivity contribution in [2.24, 2.45) is 5.92 Å². The molecule has 220 valence electrons. The number of carboxylic acids is 1. The van der Waals surface area contributed by atoms with Crippen molar-refractivity contribution in [1.82, 2.24) is 15.1 Å². The van der Waals surface area contributed by atoms with Crippen molar-refractivity contribution >= 4 is 18.0 Å². The van der Waals surface area contributed by atoms with Gasteiger partial charge in [-0.15, -0.1) is 0 Å². The Labute approximate surface area is 242 Å². The summed E-state index contributed by atoms with van der Waals surface area (Å²) in [5.74, 6) is -7.93. The number of hydrogen-bond acceptors (Lipinski definition) is 5. The maximum absolute atomic E-state index is 14.3. The molecule has 0 radical (unpaired) electrons. The molecule has 5 rings (SSSR count). The predicted octanol–water partition coefficient (Wildman–Crippen LogP) is 4.59. The van der Waals surface area contributed by atoms with Gasteiger partial charge in [0.05, 0.1) is 0 Å². The number of likely N-dealkylation sites (tertiary alicyclic amines) is 1. The number of piperidine rings is 1. The van der Waals surface area contributed by atoms with Crippen LogP contribution in [0.15, 0.2) is 78.9 Å². The van der Waals surface area contributed by atoms with Crippen LogP contribution in [0, 0.1) is 5.92 Å². The van der Waals surface area contributed by atoms with Gasteiger partial charge in [-0.1, -0.05) is 78.9 Å². The van der Waals surface area contributed by atoms with E-state index in [4.69, 9.17) is 4.74 Å². The maximum atomic E-state index is 14.3. The standard InChI is InChI=1S/C32H33F2N3O5/c1-36(17-21-9-3-2-4-10-21)19-28(29(38)37-16-15-32(33,34)27(18-37)30(39)40)35-31(41)42-20-26-24-13-7-5-11-22(24)23-12-6-8-14-25(23)26/h2-14,26-28H,15-20H2,1H3,(H,35,41)(H,39,40). The molecule has 2 aliphatic rings. The SMILES string of the molecule is CN(Cc1ccccc1)CC(NC(=O)OCC1c2ccccc2-c2ccccc21)C(=O)N1CCC(F)(F)C(C(=O)O)C1. The highest BCUT2D eigenvalue weighted by Gasteiger charge is 2.50. The Morgan fingerprint density at radius 2 is 1.60 bits per heavy atom. The molecule has 42 heavy (non-hydrogen) atoms. The fourth-order valence-electron chi connectivity index (χ4n) is 5.82. The molecular formula is C32H33F2N3O5. The van der Waals surface area contributed by atoms with Crippen LogP contribution in [0.2, 0.25) is 0 Å². The minimum atomic E-state index is -3.43. The molecule has 2 unspecified atom stereocenters. The van der Waals surface area contributed by atoms with E-state index in [1.807, 2.05) is 83.8 Å². The van der Waals surface area contributed by atoms with Gasteiger partial charge in [0.15, 0.2) is 0 Å². The third-order valence-corrected chi connectivity index (χ3v) is 7.96. The van der Waals surface area contributed by atoms with E-state index in [-0.39, 0.29) is 25.6 Å². The second kappa shape index (κ2) is 12.3. The number of alkyl halides is 2. The Kier molecular flexibility index (Phi) is 8.54. The monoisotopic (exact) mass is 577 g/mol. The highest BCUT2D eigenvalue weighted by molar-refractivity contribution is 5.87. The molecule has 1 saturated heterocycles. The number of hydrogen-bond donors (Lipinski definition) is 2. The lowest BCUT2D eigenvalue weighted by Crippen LogP contribution is -2.58. The van der Waals surface area contributed by atoms with Crippen molar-refractivity contribution in [1.29, 1.82) is 0 Å². The van der Waals surface area contributed by atoms with Gasteiger partial charge in [0.1, 0.15) is 18.6 Å². The minimum absolute atomic E-state index is 0.0393. The van der Waals surface area contributed by atoms with Crippen LogP contribution in [0.4, 0.5) is 13.6 Å². The molecule has 2 atom stereocenters. The lowest BCUT2D eigenvalue weighted by molar-refractivity contribution is -0.170. The fraction of sp³-hybridized carbons (Fsp3) is 0.344. The van der Waals surface area contributed by atoms with Gasteiger partial charge in [0.25, 0.3) is 5.92 Å². The number of amides is 2. The van der Waals surface area contributed by atoms with Crippen molar-refractivity contribution < 1.29 is 33.0 Å². The van der Waals surface area contributed by atoms with Crippen LogP contribution in [0.5, 0.6) is 0 Å². The van der Waals surface area contributed by atoms with Crippen LogP contribution in [0.1, 0.15) is 29.0 Å². The third-order valence-electron chi connectivity index (χ3n) is 7.96. The van der Waals surface area contributed by atoms with Crippen molar-refractivity contribution in [3.8, 4) is 11.1 Å². The number of nitrogens with zero attached hydrogens (tertiary/aromatic N) is 2. The number of ether oxygens (including phenoxy) is 1. The van der Waals surface area contributed by atoms with E-state index < -0.39 is 48.8 Å². The molecule has 1 heterocycles. The quantitative estimate of drug-likeness (QED) is 0.386. The second-order valence-electron chi connectivity index (χ2n) is 10.9. The van der Waals surface area contributed by atoms with E-state index >= 15 is 0 Å². The average Bonchev–Trinajstić information content (AvgIpc) is 3.29. The summed E-state index contributed by atoms with van der Waals surface area (Å²) < 4.78 is 34.2. The number of rotatable bonds is 9. The number of alkyl carbamates (subject to hydrolysis) is 1. The molecule has 8 nitrogen and oxygen atoms in total. The summed E-state index contributed by atoms with van der Waals surface area (Å²) in [6, 6.07) is 24.2. The van der Waals surface area contributed by atoms with Crippen molar-refractivity contribution in [2.75, 3.05) is 33.3 Å². The fourth-order valence-corrected chi connectivity index (χ4v) is 5.82. The van der Waals surface area contributed by atoms with Crippen LogP contribution < -0.4 is 5.32 Å². The van der Waals surface area contributed by atoms with E-state index in [0.29, 0.717) is 6.54 Å².